The van der Waals surface area contributed by atoms with Gasteiger partial charge in [0.2, 0.25) is 15.9 Å². The van der Waals surface area contributed by atoms with E-state index in [-0.39, 0.29) is 25.4 Å². The summed E-state index contributed by atoms with van der Waals surface area (Å²) in [6.45, 7) is 0.336. The molecule has 0 atom stereocenters. The maximum Gasteiger partial charge on any atom is 0.232 e. The van der Waals surface area contributed by atoms with Crippen LogP contribution in [0.25, 0.3) is 0 Å². The first-order valence-corrected chi connectivity index (χ1v) is 10.1. The summed E-state index contributed by atoms with van der Waals surface area (Å²) in [5.74, 6) is 0.453. The number of amides is 1. The van der Waals surface area contributed by atoms with Crippen LogP contribution in [0.4, 0.5) is 5.69 Å². The van der Waals surface area contributed by atoms with Crippen LogP contribution >= 0.6 is 11.6 Å². The zero-order valence-electron chi connectivity index (χ0n) is 14.6. The molecule has 0 radical (unpaired) electrons. The number of hydrogen-bond donors (Lipinski definition) is 1. The summed E-state index contributed by atoms with van der Waals surface area (Å²) in [6, 6.07) is 13.7. The minimum absolute atomic E-state index is 0.136. The van der Waals surface area contributed by atoms with Crippen LogP contribution in [0, 0.1) is 0 Å². The van der Waals surface area contributed by atoms with Crippen LogP contribution in [0.5, 0.6) is 5.75 Å². The van der Waals surface area contributed by atoms with Gasteiger partial charge in [0.05, 0.1) is 32.0 Å². The van der Waals surface area contributed by atoms with Gasteiger partial charge in [-0.15, -0.1) is 0 Å². The van der Waals surface area contributed by atoms with E-state index in [1.54, 1.807) is 55.6 Å². The number of benzene rings is 2. The predicted molar refractivity (Wildman–Crippen MR) is 103 cm³/mol. The van der Waals surface area contributed by atoms with Crippen LogP contribution in [-0.2, 0) is 21.2 Å². The molecule has 2 rings (SSSR count). The molecule has 0 aliphatic rings. The van der Waals surface area contributed by atoms with Gasteiger partial charge in [0, 0.05) is 11.6 Å². The monoisotopic (exact) mass is 396 g/mol. The Morgan fingerprint density at radius 1 is 1.12 bits per heavy atom. The number of ether oxygens (including phenoxy) is 1. The van der Waals surface area contributed by atoms with Crippen molar-refractivity contribution >= 4 is 33.2 Å². The molecule has 0 unspecified atom stereocenters. The van der Waals surface area contributed by atoms with Gasteiger partial charge in [0.15, 0.2) is 0 Å². The summed E-state index contributed by atoms with van der Waals surface area (Å²) >= 11 is 5.82. The Labute approximate surface area is 158 Å². The Morgan fingerprint density at radius 3 is 2.27 bits per heavy atom. The van der Waals surface area contributed by atoms with Crippen molar-refractivity contribution in [3.63, 3.8) is 0 Å². The van der Waals surface area contributed by atoms with Crippen molar-refractivity contribution in [1.29, 1.82) is 0 Å². The second-order valence-electron chi connectivity index (χ2n) is 5.69. The van der Waals surface area contributed by atoms with E-state index < -0.39 is 10.0 Å². The molecule has 0 spiro atoms. The molecule has 0 aromatic heterocycles. The van der Waals surface area contributed by atoms with E-state index in [1.807, 2.05) is 0 Å². The van der Waals surface area contributed by atoms with Crippen molar-refractivity contribution in [2.24, 2.45) is 0 Å². The van der Waals surface area contributed by atoms with E-state index >= 15 is 0 Å². The summed E-state index contributed by atoms with van der Waals surface area (Å²) in [5, 5.41) is 3.35. The number of carbonyl (C=O) groups is 1. The Kier molecular flexibility index (Phi) is 6.88. The number of nitrogens with one attached hydrogen (secondary N) is 1. The molecule has 2 aromatic carbocycles. The van der Waals surface area contributed by atoms with Crippen LogP contribution in [0.15, 0.2) is 48.5 Å². The Morgan fingerprint density at radius 2 is 1.73 bits per heavy atom. The van der Waals surface area contributed by atoms with Crippen LogP contribution in [-0.4, -0.2) is 40.8 Å². The third-order valence-corrected chi connectivity index (χ3v) is 5.12. The summed E-state index contributed by atoms with van der Waals surface area (Å²) in [7, 11) is -1.93. The minimum Gasteiger partial charge on any atom is -0.497 e. The molecule has 0 saturated heterocycles. The van der Waals surface area contributed by atoms with Gasteiger partial charge in [0.25, 0.3) is 0 Å². The Balaban J connectivity index is 1.94. The fraction of sp³-hybridized carbons (Fsp3) is 0.278. The number of nitrogens with zero attached hydrogens (tertiary/aromatic N) is 1. The number of anilines is 1. The highest BCUT2D eigenvalue weighted by molar-refractivity contribution is 7.92. The Hall–Kier alpha value is -2.25. The molecule has 1 N–H and O–H groups in total. The van der Waals surface area contributed by atoms with Crippen molar-refractivity contribution in [1.82, 2.24) is 5.32 Å². The van der Waals surface area contributed by atoms with Crippen molar-refractivity contribution in [2.45, 2.75) is 6.42 Å². The van der Waals surface area contributed by atoms with E-state index in [2.05, 4.69) is 5.32 Å². The largest absolute Gasteiger partial charge is 0.497 e. The van der Waals surface area contributed by atoms with Gasteiger partial charge in [-0.1, -0.05) is 23.7 Å². The van der Waals surface area contributed by atoms with Crippen molar-refractivity contribution in [2.75, 3.05) is 30.8 Å². The molecule has 1 amide bonds. The third-order valence-electron chi connectivity index (χ3n) is 3.68. The van der Waals surface area contributed by atoms with Gasteiger partial charge >= 0.3 is 0 Å². The van der Waals surface area contributed by atoms with E-state index in [4.69, 9.17) is 16.3 Å². The highest BCUT2D eigenvalue weighted by atomic mass is 35.5. The van der Waals surface area contributed by atoms with Gasteiger partial charge in [-0.25, -0.2) is 8.42 Å². The van der Waals surface area contributed by atoms with Gasteiger partial charge in [0.1, 0.15) is 5.75 Å². The molecule has 0 aliphatic heterocycles. The van der Waals surface area contributed by atoms with E-state index in [0.717, 1.165) is 11.8 Å². The number of rotatable bonds is 8. The molecule has 0 heterocycles. The maximum absolute atomic E-state index is 12.1. The highest BCUT2D eigenvalue weighted by Crippen LogP contribution is 2.21. The minimum atomic E-state index is -3.47. The molecular weight excluding hydrogens is 376 g/mol. The molecule has 6 nitrogen and oxygen atoms in total. The lowest BCUT2D eigenvalue weighted by Gasteiger charge is -2.22. The van der Waals surface area contributed by atoms with Crippen molar-refractivity contribution in [3.8, 4) is 5.75 Å². The number of hydrogen-bond acceptors (Lipinski definition) is 4. The lowest BCUT2D eigenvalue weighted by Crippen LogP contribution is -2.38. The average Bonchev–Trinajstić information content (AvgIpc) is 2.60. The van der Waals surface area contributed by atoms with Crippen molar-refractivity contribution < 1.29 is 17.9 Å². The normalized spacial score (nSPS) is 11.0. The van der Waals surface area contributed by atoms with E-state index in [9.17, 15) is 13.2 Å². The molecule has 0 aliphatic carbocycles. The maximum atomic E-state index is 12.1. The molecule has 8 heteroatoms. The highest BCUT2D eigenvalue weighted by Gasteiger charge is 2.17. The summed E-state index contributed by atoms with van der Waals surface area (Å²) in [4.78, 5) is 12.0. The van der Waals surface area contributed by atoms with E-state index in [0.29, 0.717) is 16.5 Å². The molecule has 2 aromatic rings. The third kappa shape index (κ3) is 5.93. The first-order chi connectivity index (χ1) is 12.3. The number of methoxy groups -OCH3 is 1. The van der Waals surface area contributed by atoms with Gasteiger partial charge in [-0.3, -0.25) is 9.10 Å². The van der Waals surface area contributed by atoms with Gasteiger partial charge < -0.3 is 10.1 Å². The molecule has 0 saturated carbocycles. The van der Waals surface area contributed by atoms with Crippen LogP contribution in [0.3, 0.4) is 0 Å². The number of carbonyl (C=O) groups excluding carboxylic acids is 1. The fourth-order valence-corrected chi connectivity index (χ4v) is 3.44. The SMILES string of the molecule is COc1ccc(N(CCNC(=O)Cc2ccc(Cl)cc2)S(C)(=O)=O)cc1. The van der Waals surface area contributed by atoms with Crippen LogP contribution in [0.1, 0.15) is 5.56 Å². The number of halogens is 1. The second-order valence-corrected chi connectivity index (χ2v) is 8.03. The Bertz CT molecular complexity index is 836. The molecule has 0 fully saturated rings. The summed E-state index contributed by atoms with van der Waals surface area (Å²) in [5.41, 5.74) is 1.35. The molecule has 140 valence electrons. The predicted octanol–water partition coefficient (Wildman–Crippen LogP) is 2.47. The lowest BCUT2D eigenvalue weighted by molar-refractivity contribution is -0.120. The standard InChI is InChI=1S/C18H21ClN2O4S/c1-25-17-9-7-16(8-10-17)21(26(2,23)24)12-11-20-18(22)13-14-3-5-15(19)6-4-14/h3-10H,11-13H2,1-2H3,(H,20,22). The van der Waals surface area contributed by atoms with E-state index in [1.165, 1.54) is 4.31 Å². The van der Waals surface area contributed by atoms with Crippen molar-refractivity contribution in [3.05, 3.63) is 59.1 Å². The van der Waals surface area contributed by atoms with Crippen LogP contribution in [0.2, 0.25) is 5.02 Å². The number of sulfonamides is 1. The average molecular weight is 397 g/mol. The topological polar surface area (TPSA) is 75.7 Å². The molecular formula is C18H21ClN2O4S. The smallest absolute Gasteiger partial charge is 0.232 e. The van der Waals surface area contributed by atoms with Gasteiger partial charge in [-0.2, -0.15) is 0 Å². The lowest BCUT2D eigenvalue weighted by atomic mass is 10.1. The zero-order valence-corrected chi connectivity index (χ0v) is 16.2. The summed E-state index contributed by atoms with van der Waals surface area (Å²) in [6.07, 6.45) is 1.34. The zero-order chi connectivity index (χ0) is 19.2. The van der Waals surface area contributed by atoms with Gasteiger partial charge in [-0.05, 0) is 42.0 Å². The fourth-order valence-electron chi connectivity index (χ4n) is 2.38. The summed E-state index contributed by atoms with van der Waals surface area (Å²) < 4.78 is 30.4. The second kappa shape index (κ2) is 8.91. The van der Waals surface area contributed by atoms with Crippen LogP contribution < -0.4 is 14.4 Å². The quantitative estimate of drug-likeness (QED) is 0.743. The first-order valence-electron chi connectivity index (χ1n) is 7.92. The first kappa shape index (κ1) is 20.1. The molecule has 0 bridgehead atoms. The molecule has 26 heavy (non-hydrogen) atoms.